The molecular formula is C20H28O8. The molecule has 0 radical (unpaired) electrons. The van der Waals surface area contributed by atoms with Crippen LogP contribution in [0.2, 0.25) is 0 Å². The summed E-state index contributed by atoms with van der Waals surface area (Å²) in [6.07, 6.45) is 2.67. The predicted octanol–water partition coefficient (Wildman–Crippen LogP) is 2.12. The molecule has 156 valence electrons. The molecule has 1 aliphatic rings. The molecule has 1 saturated carbocycles. The van der Waals surface area contributed by atoms with Crippen LogP contribution in [-0.2, 0) is 38.1 Å². The first-order valence-electron chi connectivity index (χ1n) is 9.22. The number of rotatable bonds is 10. The summed E-state index contributed by atoms with van der Waals surface area (Å²) < 4.78 is 20.0. The molecule has 8 nitrogen and oxygen atoms in total. The Balaban J connectivity index is 2.42. The van der Waals surface area contributed by atoms with E-state index in [2.05, 4.69) is 13.2 Å². The Morgan fingerprint density at radius 2 is 1.00 bits per heavy atom. The van der Waals surface area contributed by atoms with Crippen molar-refractivity contribution < 1.29 is 38.1 Å². The lowest BCUT2D eigenvalue weighted by Gasteiger charge is -2.28. The molecule has 1 aliphatic carbocycles. The van der Waals surface area contributed by atoms with E-state index in [9.17, 15) is 19.2 Å². The molecule has 0 aromatic heterocycles. The maximum Gasteiger partial charge on any atom is 0.333 e. The molecule has 0 aromatic rings. The maximum absolute atomic E-state index is 12.3. The van der Waals surface area contributed by atoms with Crippen LogP contribution in [0.15, 0.2) is 24.3 Å². The first kappa shape index (κ1) is 23.4. The number of hydrogen-bond acceptors (Lipinski definition) is 8. The molecule has 1 rings (SSSR count). The topological polar surface area (TPSA) is 105 Å². The van der Waals surface area contributed by atoms with Gasteiger partial charge in [-0.25, -0.2) is 9.59 Å². The predicted molar refractivity (Wildman–Crippen MR) is 98.9 cm³/mol. The van der Waals surface area contributed by atoms with Crippen molar-refractivity contribution in [1.29, 1.82) is 0 Å². The standard InChI is InChI=1S/C20H28O8/c1-13(2)17(21)25-9-11-27-19(23)15-7-5-6-8-16(15)20(24)28-12-10-26-18(22)14(3)4/h15-16H,1,3,5-12H2,2,4H3. The van der Waals surface area contributed by atoms with Gasteiger partial charge in [0.25, 0.3) is 0 Å². The van der Waals surface area contributed by atoms with E-state index in [1.54, 1.807) is 0 Å². The summed E-state index contributed by atoms with van der Waals surface area (Å²) in [6, 6.07) is 0. The van der Waals surface area contributed by atoms with E-state index in [0.717, 1.165) is 12.8 Å². The van der Waals surface area contributed by atoms with Crippen molar-refractivity contribution in [1.82, 2.24) is 0 Å². The summed E-state index contributed by atoms with van der Waals surface area (Å²) in [7, 11) is 0. The summed E-state index contributed by atoms with van der Waals surface area (Å²) >= 11 is 0. The third-order valence-electron chi connectivity index (χ3n) is 4.19. The molecule has 0 bridgehead atoms. The first-order chi connectivity index (χ1) is 13.2. The molecule has 0 amide bonds. The van der Waals surface area contributed by atoms with Gasteiger partial charge in [-0.05, 0) is 26.7 Å². The van der Waals surface area contributed by atoms with Gasteiger partial charge in [0.1, 0.15) is 26.4 Å². The fourth-order valence-corrected chi connectivity index (χ4v) is 2.71. The van der Waals surface area contributed by atoms with Crippen molar-refractivity contribution in [3.05, 3.63) is 24.3 Å². The van der Waals surface area contributed by atoms with Gasteiger partial charge in [0, 0.05) is 11.1 Å². The van der Waals surface area contributed by atoms with Crippen LogP contribution in [-0.4, -0.2) is 50.3 Å². The molecule has 2 atom stereocenters. The molecule has 8 heteroatoms. The lowest BCUT2D eigenvalue weighted by Crippen LogP contribution is -2.36. The lowest BCUT2D eigenvalue weighted by molar-refractivity contribution is -0.165. The first-order valence-corrected chi connectivity index (χ1v) is 9.22. The third kappa shape index (κ3) is 7.94. The Morgan fingerprint density at radius 1 is 0.679 bits per heavy atom. The summed E-state index contributed by atoms with van der Waals surface area (Å²) in [5, 5.41) is 0. The quantitative estimate of drug-likeness (QED) is 0.239. The van der Waals surface area contributed by atoms with Crippen molar-refractivity contribution in [2.75, 3.05) is 26.4 Å². The van der Waals surface area contributed by atoms with Gasteiger partial charge in [-0.2, -0.15) is 0 Å². The van der Waals surface area contributed by atoms with E-state index in [0.29, 0.717) is 12.8 Å². The van der Waals surface area contributed by atoms with Gasteiger partial charge in [0.05, 0.1) is 11.8 Å². The van der Waals surface area contributed by atoms with E-state index in [4.69, 9.17) is 18.9 Å². The smallest absolute Gasteiger partial charge is 0.333 e. The minimum Gasteiger partial charge on any atom is -0.462 e. The van der Waals surface area contributed by atoms with Crippen molar-refractivity contribution in [3.63, 3.8) is 0 Å². The second kappa shape index (κ2) is 11.9. The lowest BCUT2D eigenvalue weighted by atomic mass is 9.79. The van der Waals surface area contributed by atoms with Crippen molar-refractivity contribution in [3.8, 4) is 0 Å². The summed E-state index contributed by atoms with van der Waals surface area (Å²) in [5.74, 6) is -3.33. The van der Waals surface area contributed by atoms with Crippen molar-refractivity contribution in [2.45, 2.75) is 39.5 Å². The van der Waals surface area contributed by atoms with E-state index in [1.807, 2.05) is 0 Å². The zero-order valence-electron chi connectivity index (χ0n) is 16.5. The second-order valence-electron chi connectivity index (χ2n) is 6.66. The summed E-state index contributed by atoms with van der Waals surface area (Å²) in [6.45, 7) is 9.62. The molecule has 28 heavy (non-hydrogen) atoms. The average molecular weight is 396 g/mol. The summed E-state index contributed by atoms with van der Waals surface area (Å²) in [5.41, 5.74) is 0.519. The minimum absolute atomic E-state index is 0.0760. The largest absolute Gasteiger partial charge is 0.462 e. The van der Waals surface area contributed by atoms with Crippen LogP contribution < -0.4 is 0 Å². The van der Waals surface area contributed by atoms with Crippen LogP contribution in [0.3, 0.4) is 0 Å². The Kier molecular flexibility index (Phi) is 9.98. The minimum atomic E-state index is -0.601. The van der Waals surface area contributed by atoms with Crippen LogP contribution >= 0.6 is 0 Å². The van der Waals surface area contributed by atoms with Gasteiger partial charge in [-0.1, -0.05) is 26.0 Å². The van der Waals surface area contributed by atoms with Gasteiger partial charge >= 0.3 is 23.9 Å². The fraction of sp³-hybridized carbons (Fsp3) is 0.600. The number of esters is 4. The molecule has 0 N–H and O–H groups in total. The highest BCUT2D eigenvalue weighted by Crippen LogP contribution is 2.32. The molecule has 0 heterocycles. The van der Waals surface area contributed by atoms with Crippen LogP contribution in [0.5, 0.6) is 0 Å². The molecule has 0 spiro atoms. The molecular weight excluding hydrogens is 368 g/mol. The molecule has 0 aromatic carbocycles. The highest BCUT2D eigenvalue weighted by molar-refractivity contribution is 5.87. The van der Waals surface area contributed by atoms with Gasteiger partial charge in [0.2, 0.25) is 0 Å². The number of carbonyl (C=O) groups excluding carboxylic acids is 4. The monoisotopic (exact) mass is 396 g/mol. The number of hydrogen-bond donors (Lipinski definition) is 0. The highest BCUT2D eigenvalue weighted by atomic mass is 16.6. The van der Waals surface area contributed by atoms with Crippen LogP contribution in [0.1, 0.15) is 39.5 Å². The Morgan fingerprint density at radius 3 is 1.32 bits per heavy atom. The molecule has 2 unspecified atom stereocenters. The Bertz CT molecular complexity index is 568. The molecule has 1 fully saturated rings. The summed E-state index contributed by atoms with van der Waals surface area (Å²) in [4.78, 5) is 47.2. The van der Waals surface area contributed by atoms with Crippen LogP contribution in [0.25, 0.3) is 0 Å². The molecule has 0 aliphatic heterocycles. The van der Waals surface area contributed by atoms with Crippen molar-refractivity contribution in [2.24, 2.45) is 11.8 Å². The van der Waals surface area contributed by atoms with E-state index in [-0.39, 0.29) is 37.6 Å². The highest BCUT2D eigenvalue weighted by Gasteiger charge is 2.37. The Labute approximate surface area is 164 Å². The van der Waals surface area contributed by atoms with E-state index < -0.39 is 35.7 Å². The number of carbonyl (C=O) groups is 4. The van der Waals surface area contributed by atoms with Gasteiger partial charge < -0.3 is 18.9 Å². The van der Waals surface area contributed by atoms with Crippen LogP contribution in [0.4, 0.5) is 0 Å². The average Bonchev–Trinajstić information content (AvgIpc) is 2.67. The van der Waals surface area contributed by atoms with Gasteiger partial charge in [0.15, 0.2) is 0 Å². The third-order valence-corrected chi connectivity index (χ3v) is 4.19. The Hall–Kier alpha value is -2.64. The fourth-order valence-electron chi connectivity index (χ4n) is 2.71. The van der Waals surface area contributed by atoms with E-state index >= 15 is 0 Å². The SMILES string of the molecule is C=C(C)C(=O)OCCOC(=O)C1CCCCC1C(=O)OCCOC(=O)C(=C)C. The molecule has 0 saturated heterocycles. The normalized spacial score (nSPS) is 18.5. The van der Waals surface area contributed by atoms with Crippen LogP contribution in [0, 0.1) is 11.8 Å². The zero-order valence-corrected chi connectivity index (χ0v) is 16.5. The van der Waals surface area contributed by atoms with Gasteiger partial charge in [-0.15, -0.1) is 0 Å². The zero-order chi connectivity index (χ0) is 21.1. The van der Waals surface area contributed by atoms with Crippen molar-refractivity contribution >= 4 is 23.9 Å². The van der Waals surface area contributed by atoms with Gasteiger partial charge in [-0.3, -0.25) is 9.59 Å². The van der Waals surface area contributed by atoms with E-state index in [1.165, 1.54) is 13.8 Å². The maximum atomic E-state index is 12.3. The number of ether oxygens (including phenoxy) is 4. The second-order valence-corrected chi connectivity index (χ2v) is 6.66.